The SMILES string of the molecule is CC(C)Cn1ncc(N)c1C(F)F. The van der Waals surface area contributed by atoms with Crippen LogP contribution in [0.5, 0.6) is 0 Å². The standard InChI is InChI=1S/C8H13F2N3/c1-5(2)4-13-7(8(9)10)6(11)3-12-13/h3,5,8H,4,11H2,1-2H3. The molecule has 0 fully saturated rings. The number of aromatic nitrogens is 2. The van der Waals surface area contributed by atoms with E-state index in [0.717, 1.165) is 0 Å². The van der Waals surface area contributed by atoms with Crippen LogP contribution in [0.3, 0.4) is 0 Å². The molecular weight excluding hydrogens is 176 g/mol. The Balaban J connectivity index is 2.94. The van der Waals surface area contributed by atoms with Gasteiger partial charge >= 0.3 is 0 Å². The van der Waals surface area contributed by atoms with Gasteiger partial charge in [-0.1, -0.05) is 13.8 Å². The van der Waals surface area contributed by atoms with Gasteiger partial charge in [0.15, 0.2) is 0 Å². The Labute approximate surface area is 75.5 Å². The van der Waals surface area contributed by atoms with Gasteiger partial charge in [-0.05, 0) is 5.92 Å². The van der Waals surface area contributed by atoms with E-state index in [1.165, 1.54) is 10.9 Å². The minimum atomic E-state index is -2.55. The maximum atomic E-state index is 12.4. The fourth-order valence-electron chi connectivity index (χ4n) is 1.14. The maximum Gasteiger partial charge on any atom is 0.282 e. The van der Waals surface area contributed by atoms with E-state index in [0.29, 0.717) is 6.54 Å². The molecule has 0 aromatic carbocycles. The zero-order chi connectivity index (χ0) is 10.0. The molecule has 1 aromatic heterocycles. The summed E-state index contributed by atoms with van der Waals surface area (Å²) in [6, 6.07) is 0. The van der Waals surface area contributed by atoms with Crippen LogP contribution in [0.15, 0.2) is 6.20 Å². The molecule has 0 saturated carbocycles. The first-order valence-corrected chi connectivity index (χ1v) is 4.11. The summed E-state index contributed by atoms with van der Waals surface area (Å²) < 4.78 is 26.1. The van der Waals surface area contributed by atoms with Crippen LogP contribution in [0.4, 0.5) is 14.5 Å². The van der Waals surface area contributed by atoms with Crippen LogP contribution in [0, 0.1) is 5.92 Å². The van der Waals surface area contributed by atoms with Crippen molar-refractivity contribution in [3.05, 3.63) is 11.9 Å². The predicted molar refractivity (Wildman–Crippen MR) is 46.4 cm³/mol. The van der Waals surface area contributed by atoms with Gasteiger partial charge in [0.25, 0.3) is 6.43 Å². The summed E-state index contributed by atoms with van der Waals surface area (Å²) in [6.07, 6.45) is -1.29. The highest BCUT2D eigenvalue weighted by atomic mass is 19.3. The predicted octanol–water partition coefficient (Wildman–Crippen LogP) is 2.06. The third kappa shape index (κ3) is 2.17. The molecule has 1 rings (SSSR count). The summed E-state index contributed by atoms with van der Waals surface area (Å²) in [5.41, 5.74) is 5.25. The fraction of sp³-hybridized carbons (Fsp3) is 0.625. The first-order valence-electron chi connectivity index (χ1n) is 4.11. The Morgan fingerprint density at radius 2 is 2.15 bits per heavy atom. The Morgan fingerprint density at radius 1 is 1.54 bits per heavy atom. The van der Waals surface area contributed by atoms with Gasteiger partial charge in [0.2, 0.25) is 0 Å². The van der Waals surface area contributed by atoms with E-state index in [1.54, 1.807) is 0 Å². The van der Waals surface area contributed by atoms with E-state index in [1.807, 2.05) is 13.8 Å². The summed E-state index contributed by atoms with van der Waals surface area (Å²) >= 11 is 0. The lowest BCUT2D eigenvalue weighted by molar-refractivity contribution is 0.138. The molecule has 0 saturated heterocycles. The van der Waals surface area contributed by atoms with Crippen molar-refractivity contribution in [2.45, 2.75) is 26.8 Å². The van der Waals surface area contributed by atoms with Crippen LogP contribution in [0.2, 0.25) is 0 Å². The van der Waals surface area contributed by atoms with E-state index in [9.17, 15) is 8.78 Å². The second-order valence-corrected chi connectivity index (χ2v) is 3.36. The van der Waals surface area contributed by atoms with Crippen molar-refractivity contribution in [1.82, 2.24) is 9.78 Å². The molecule has 0 amide bonds. The van der Waals surface area contributed by atoms with Crippen LogP contribution in [0.25, 0.3) is 0 Å². The van der Waals surface area contributed by atoms with Crippen LogP contribution in [-0.4, -0.2) is 9.78 Å². The van der Waals surface area contributed by atoms with Crippen molar-refractivity contribution in [2.75, 3.05) is 5.73 Å². The Kier molecular flexibility index (Phi) is 2.85. The second kappa shape index (κ2) is 3.72. The van der Waals surface area contributed by atoms with Gasteiger partial charge in [-0.2, -0.15) is 5.10 Å². The molecule has 0 aliphatic carbocycles. The molecule has 0 aliphatic rings. The minimum absolute atomic E-state index is 0.0654. The number of nitrogens with zero attached hydrogens (tertiary/aromatic N) is 2. The fourth-order valence-corrected chi connectivity index (χ4v) is 1.14. The molecular formula is C8H13F2N3. The molecule has 0 bridgehead atoms. The first kappa shape index (κ1) is 9.95. The van der Waals surface area contributed by atoms with E-state index in [4.69, 9.17) is 5.73 Å². The summed E-state index contributed by atoms with van der Waals surface area (Å²) in [5.74, 6) is 0.275. The number of nitrogens with two attached hydrogens (primary N) is 1. The summed E-state index contributed by atoms with van der Waals surface area (Å²) in [7, 11) is 0. The minimum Gasteiger partial charge on any atom is -0.396 e. The number of alkyl halides is 2. The number of halogens is 2. The normalized spacial score (nSPS) is 11.5. The number of rotatable bonds is 3. The highest BCUT2D eigenvalue weighted by Crippen LogP contribution is 2.24. The third-order valence-corrected chi connectivity index (χ3v) is 1.65. The summed E-state index contributed by atoms with van der Waals surface area (Å²) in [5, 5.41) is 3.79. The van der Waals surface area contributed by atoms with E-state index in [-0.39, 0.29) is 17.3 Å². The number of anilines is 1. The molecule has 0 unspecified atom stereocenters. The Bertz CT molecular complexity index is 281. The molecule has 0 spiro atoms. The van der Waals surface area contributed by atoms with Gasteiger partial charge in [0.1, 0.15) is 5.69 Å². The van der Waals surface area contributed by atoms with Gasteiger partial charge in [-0.15, -0.1) is 0 Å². The highest BCUT2D eigenvalue weighted by Gasteiger charge is 2.18. The van der Waals surface area contributed by atoms with E-state index in [2.05, 4.69) is 5.10 Å². The zero-order valence-electron chi connectivity index (χ0n) is 7.67. The molecule has 13 heavy (non-hydrogen) atoms. The molecule has 0 atom stereocenters. The van der Waals surface area contributed by atoms with E-state index >= 15 is 0 Å². The van der Waals surface area contributed by atoms with Crippen molar-refractivity contribution in [2.24, 2.45) is 5.92 Å². The molecule has 0 aliphatic heterocycles. The third-order valence-electron chi connectivity index (χ3n) is 1.65. The van der Waals surface area contributed by atoms with Gasteiger partial charge in [0.05, 0.1) is 11.9 Å². The molecule has 74 valence electrons. The summed E-state index contributed by atoms with van der Waals surface area (Å²) in [6.45, 7) is 4.34. The lowest BCUT2D eigenvalue weighted by Crippen LogP contribution is -2.10. The monoisotopic (exact) mass is 189 g/mol. The number of nitrogen functional groups attached to an aromatic ring is 1. The Morgan fingerprint density at radius 3 is 2.62 bits per heavy atom. The smallest absolute Gasteiger partial charge is 0.282 e. The molecule has 3 nitrogen and oxygen atoms in total. The van der Waals surface area contributed by atoms with Crippen LogP contribution in [-0.2, 0) is 6.54 Å². The van der Waals surface area contributed by atoms with Crippen molar-refractivity contribution in [3.8, 4) is 0 Å². The molecule has 1 aromatic rings. The zero-order valence-corrected chi connectivity index (χ0v) is 7.67. The lowest BCUT2D eigenvalue weighted by atomic mass is 10.2. The number of hydrogen-bond acceptors (Lipinski definition) is 2. The highest BCUT2D eigenvalue weighted by molar-refractivity contribution is 5.41. The van der Waals surface area contributed by atoms with Gasteiger partial charge in [0, 0.05) is 6.54 Å². The van der Waals surface area contributed by atoms with Crippen LogP contribution < -0.4 is 5.73 Å². The molecule has 0 radical (unpaired) electrons. The molecule has 5 heteroatoms. The Hall–Kier alpha value is -1.13. The first-order chi connectivity index (χ1) is 6.02. The van der Waals surface area contributed by atoms with Crippen molar-refractivity contribution >= 4 is 5.69 Å². The van der Waals surface area contributed by atoms with Crippen molar-refractivity contribution in [3.63, 3.8) is 0 Å². The van der Waals surface area contributed by atoms with Gasteiger partial charge in [-0.25, -0.2) is 8.78 Å². The molecule has 1 heterocycles. The number of hydrogen-bond donors (Lipinski definition) is 1. The quantitative estimate of drug-likeness (QED) is 0.790. The van der Waals surface area contributed by atoms with Crippen molar-refractivity contribution < 1.29 is 8.78 Å². The average molecular weight is 189 g/mol. The second-order valence-electron chi connectivity index (χ2n) is 3.36. The van der Waals surface area contributed by atoms with Gasteiger partial charge < -0.3 is 5.73 Å². The van der Waals surface area contributed by atoms with Crippen LogP contribution in [0.1, 0.15) is 26.0 Å². The lowest BCUT2D eigenvalue weighted by Gasteiger charge is -2.09. The topological polar surface area (TPSA) is 43.8 Å². The maximum absolute atomic E-state index is 12.4. The van der Waals surface area contributed by atoms with Gasteiger partial charge in [-0.3, -0.25) is 4.68 Å². The largest absolute Gasteiger partial charge is 0.396 e. The van der Waals surface area contributed by atoms with Crippen molar-refractivity contribution in [1.29, 1.82) is 0 Å². The summed E-state index contributed by atoms with van der Waals surface area (Å²) in [4.78, 5) is 0. The molecule has 2 N–H and O–H groups in total. The average Bonchev–Trinajstić information content (AvgIpc) is 2.30. The van der Waals surface area contributed by atoms with Crippen LogP contribution >= 0.6 is 0 Å². The van der Waals surface area contributed by atoms with E-state index < -0.39 is 6.43 Å².